The number of likely N-dealkylation sites (N-methyl/N-ethyl adjacent to an activating group) is 1. The largest absolute Gasteiger partial charge is 0.352 e. The molecule has 2 N–H and O–H groups in total. The highest BCUT2D eigenvalue weighted by Crippen LogP contribution is 2.04. The van der Waals surface area contributed by atoms with E-state index in [1.54, 1.807) is 0 Å². The van der Waals surface area contributed by atoms with E-state index in [-0.39, 0.29) is 17.9 Å². The zero-order valence-electron chi connectivity index (χ0n) is 12.2. The number of amides is 1. The third-order valence-corrected chi connectivity index (χ3v) is 2.84. The molecule has 102 valence electrons. The molecule has 0 heterocycles. The lowest BCUT2D eigenvalue weighted by molar-refractivity contribution is -0.125. The fourth-order valence-corrected chi connectivity index (χ4v) is 1.60. The molecule has 4 nitrogen and oxygen atoms in total. The van der Waals surface area contributed by atoms with Crippen LogP contribution < -0.4 is 10.6 Å². The molecule has 0 aromatic carbocycles. The summed E-state index contributed by atoms with van der Waals surface area (Å²) in [6, 6.07) is 0.224. The summed E-state index contributed by atoms with van der Waals surface area (Å²) in [5.74, 6) is 0.623. The summed E-state index contributed by atoms with van der Waals surface area (Å²) in [5, 5.41) is 6.34. The predicted molar refractivity (Wildman–Crippen MR) is 73.0 cm³/mol. The van der Waals surface area contributed by atoms with Crippen LogP contribution in [0.15, 0.2) is 0 Å². The van der Waals surface area contributed by atoms with Crippen LogP contribution in [-0.4, -0.2) is 50.6 Å². The Labute approximate surface area is 106 Å². The van der Waals surface area contributed by atoms with E-state index in [0.717, 1.165) is 19.6 Å². The van der Waals surface area contributed by atoms with Gasteiger partial charge in [0.05, 0.1) is 0 Å². The first-order valence-electron chi connectivity index (χ1n) is 6.54. The Morgan fingerprint density at radius 1 is 1.24 bits per heavy atom. The van der Waals surface area contributed by atoms with Gasteiger partial charge in [-0.2, -0.15) is 0 Å². The number of nitrogens with one attached hydrogen (secondary N) is 2. The van der Waals surface area contributed by atoms with Gasteiger partial charge in [0.25, 0.3) is 0 Å². The highest BCUT2D eigenvalue weighted by atomic mass is 16.1. The summed E-state index contributed by atoms with van der Waals surface area (Å²) < 4.78 is 0. The Hall–Kier alpha value is -0.610. The van der Waals surface area contributed by atoms with Gasteiger partial charge >= 0.3 is 0 Å². The summed E-state index contributed by atoms with van der Waals surface area (Å²) in [6.45, 7) is 10.8. The first kappa shape index (κ1) is 16.4. The van der Waals surface area contributed by atoms with Gasteiger partial charge in [-0.15, -0.1) is 0 Å². The van der Waals surface area contributed by atoms with Crippen LogP contribution in [0.3, 0.4) is 0 Å². The van der Waals surface area contributed by atoms with Crippen molar-refractivity contribution in [1.29, 1.82) is 0 Å². The van der Waals surface area contributed by atoms with Crippen LogP contribution in [0.2, 0.25) is 0 Å². The summed E-state index contributed by atoms with van der Waals surface area (Å²) in [6.07, 6.45) is 0. The van der Waals surface area contributed by atoms with Crippen molar-refractivity contribution in [3.63, 3.8) is 0 Å². The molecule has 0 saturated carbocycles. The molecule has 17 heavy (non-hydrogen) atoms. The molecule has 0 aromatic rings. The summed E-state index contributed by atoms with van der Waals surface area (Å²) >= 11 is 0. The summed E-state index contributed by atoms with van der Waals surface area (Å²) in [5.41, 5.74) is 0. The second-order valence-electron chi connectivity index (χ2n) is 5.33. The van der Waals surface area contributed by atoms with Gasteiger partial charge in [0.15, 0.2) is 0 Å². The maximum absolute atomic E-state index is 12.0. The second-order valence-corrected chi connectivity index (χ2v) is 5.33. The average Bonchev–Trinajstić information content (AvgIpc) is 2.23. The molecule has 0 aliphatic carbocycles. The van der Waals surface area contributed by atoms with Crippen LogP contribution in [-0.2, 0) is 4.79 Å². The number of carbonyl (C=O) groups excluding carboxylic acids is 1. The van der Waals surface area contributed by atoms with E-state index in [4.69, 9.17) is 0 Å². The van der Waals surface area contributed by atoms with Gasteiger partial charge in [0.1, 0.15) is 0 Å². The average molecular weight is 243 g/mol. The molecule has 2 atom stereocenters. The van der Waals surface area contributed by atoms with Gasteiger partial charge < -0.3 is 15.5 Å². The monoisotopic (exact) mass is 243 g/mol. The van der Waals surface area contributed by atoms with E-state index in [1.165, 1.54) is 0 Å². The molecule has 0 spiro atoms. The van der Waals surface area contributed by atoms with Crippen LogP contribution >= 0.6 is 0 Å². The van der Waals surface area contributed by atoms with E-state index in [1.807, 2.05) is 27.9 Å². The molecule has 0 radical (unpaired) electrons. The van der Waals surface area contributed by atoms with Crippen LogP contribution in [0.4, 0.5) is 0 Å². The Balaban J connectivity index is 4.20. The van der Waals surface area contributed by atoms with E-state index in [0.29, 0.717) is 5.92 Å². The predicted octanol–water partition coefficient (Wildman–Crippen LogP) is 0.934. The highest BCUT2D eigenvalue weighted by Gasteiger charge is 2.20. The van der Waals surface area contributed by atoms with E-state index < -0.39 is 0 Å². The van der Waals surface area contributed by atoms with Gasteiger partial charge in [-0.3, -0.25) is 4.79 Å². The Bertz CT molecular complexity index is 217. The van der Waals surface area contributed by atoms with E-state index >= 15 is 0 Å². The molecule has 0 aromatic heterocycles. The third kappa shape index (κ3) is 7.34. The molecule has 0 rings (SSSR count). The van der Waals surface area contributed by atoms with Gasteiger partial charge in [0.2, 0.25) is 5.91 Å². The third-order valence-electron chi connectivity index (χ3n) is 2.84. The van der Waals surface area contributed by atoms with Crippen molar-refractivity contribution in [2.45, 2.75) is 33.7 Å². The molecule has 0 fully saturated rings. The maximum atomic E-state index is 12.0. The smallest absolute Gasteiger partial charge is 0.224 e. The fraction of sp³-hybridized carbons (Fsp3) is 0.923. The molecule has 1 amide bonds. The van der Waals surface area contributed by atoms with Crippen molar-refractivity contribution in [2.75, 3.05) is 33.7 Å². The number of carbonyl (C=O) groups is 1. The Kier molecular flexibility index (Phi) is 8.17. The zero-order valence-corrected chi connectivity index (χ0v) is 12.2. The van der Waals surface area contributed by atoms with Crippen molar-refractivity contribution in [1.82, 2.24) is 15.5 Å². The van der Waals surface area contributed by atoms with Crippen LogP contribution in [0.1, 0.15) is 27.7 Å². The molecule has 0 aliphatic rings. The standard InChI is InChI=1S/C13H29N3O/c1-7-14-8-11(4)13(17)15-12(10(2)3)9-16(5)6/h10-12,14H,7-9H2,1-6H3,(H,15,17). The first-order valence-corrected chi connectivity index (χ1v) is 6.54. The van der Waals surface area contributed by atoms with Gasteiger partial charge in [-0.25, -0.2) is 0 Å². The quantitative estimate of drug-likeness (QED) is 0.667. The number of rotatable bonds is 8. The van der Waals surface area contributed by atoms with Gasteiger partial charge in [-0.05, 0) is 26.6 Å². The number of hydrogen-bond acceptors (Lipinski definition) is 3. The molecule has 0 aliphatic heterocycles. The normalized spacial score (nSPS) is 15.1. The molecule has 2 unspecified atom stereocenters. The first-order chi connectivity index (χ1) is 7.88. The summed E-state index contributed by atoms with van der Waals surface area (Å²) in [4.78, 5) is 14.1. The van der Waals surface area contributed by atoms with Gasteiger partial charge in [0, 0.05) is 25.0 Å². The Morgan fingerprint density at radius 2 is 1.82 bits per heavy atom. The van der Waals surface area contributed by atoms with Gasteiger partial charge in [-0.1, -0.05) is 27.7 Å². The van der Waals surface area contributed by atoms with E-state index in [9.17, 15) is 4.79 Å². The van der Waals surface area contributed by atoms with Crippen molar-refractivity contribution in [3.05, 3.63) is 0 Å². The summed E-state index contributed by atoms with van der Waals surface area (Å²) in [7, 11) is 4.06. The minimum Gasteiger partial charge on any atom is -0.352 e. The van der Waals surface area contributed by atoms with Crippen molar-refractivity contribution in [3.8, 4) is 0 Å². The molecule has 0 saturated heterocycles. The minimum absolute atomic E-state index is 0.0263. The molecule has 4 heteroatoms. The molecular weight excluding hydrogens is 214 g/mol. The number of nitrogens with zero attached hydrogens (tertiary/aromatic N) is 1. The topological polar surface area (TPSA) is 44.4 Å². The lowest BCUT2D eigenvalue weighted by atomic mass is 10.0. The molecular formula is C13H29N3O. The SMILES string of the molecule is CCNCC(C)C(=O)NC(CN(C)C)C(C)C. The lowest BCUT2D eigenvalue weighted by Gasteiger charge is -2.27. The van der Waals surface area contributed by atoms with Crippen molar-refractivity contribution in [2.24, 2.45) is 11.8 Å². The van der Waals surface area contributed by atoms with Crippen molar-refractivity contribution >= 4 is 5.91 Å². The number of hydrogen-bond donors (Lipinski definition) is 2. The maximum Gasteiger partial charge on any atom is 0.224 e. The lowest BCUT2D eigenvalue weighted by Crippen LogP contribution is -2.48. The van der Waals surface area contributed by atoms with Crippen LogP contribution in [0, 0.1) is 11.8 Å². The Morgan fingerprint density at radius 3 is 2.24 bits per heavy atom. The van der Waals surface area contributed by atoms with Crippen molar-refractivity contribution < 1.29 is 4.79 Å². The van der Waals surface area contributed by atoms with Crippen LogP contribution in [0.25, 0.3) is 0 Å². The zero-order chi connectivity index (χ0) is 13.4. The van der Waals surface area contributed by atoms with Crippen LogP contribution in [0.5, 0.6) is 0 Å². The second kappa shape index (κ2) is 8.48. The fourth-order valence-electron chi connectivity index (χ4n) is 1.60. The molecule has 0 bridgehead atoms. The van der Waals surface area contributed by atoms with E-state index in [2.05, 4.69) is 29.4 Å². The highest BCUT2D eigenvalue weighted by molar-refractivity contribution is 5.78. The minimum atomic E-state index is 0.0263.